The number of nitrogens with one attached hydrogen (secondary N) is 2. The van der Waals surface area contributed by atoms with E-state index in [2.05, 4.69) is 29.4 Å². The Hall–Kier alpha value is -1.30. The van der Waals surface area contributed by atoms with E-state index >= 15 is 0 Å². The quantitative estimate of drug-likeness (QED) is 0.627. The maximum atomic E-state index is 11.6. The Morgan fingerprint density at radius 2 is 2.00 bits per heavy atom. The lowest BCUT2D eigenvalue weighted by atomic mass is 9.69. The van der Waals surface area contributed by atoms with Gasteiger partial charge in [-0.2, -0.15) is 0 Å². The summed E-state index contributed by atoms with van der Waals surface area (Å²) in [7, 11) is 2.03. The highest BCUT2D eigenvalue weighted by Crippen LogP contribution is 2.40. The first-order valence-electron chi connectivity index (χ1n) is 7.36. The zero-order valence-corrected chi connectivity index (χ0v) is 12.7. The molecule has 0 saturated heterocycles. The van der Waals surface area contributed by atoms with Crippen molar-refractivity contribution in [1.82, 2.24) is 15.5 Å². The van der Waals surface area contributed by atoms with Crippen LogP contribution >= 0.6 is 0 Å². The van der Waals surface area contributed by atoms with Crippen molar-refractivity contribution >= 4 is 12.0 Å². The van der Waals surface area contributed by atoms with Crippen LogP contribution in [0.3, 0.4) is 0 Å². The largest absolute Gasteiger partial charge is 0.481 e. The van der Waals surface area contributed by atoms with Gasteiger partial charge in [0.05, 0.1) is 5.41 Å². The number of hydrogen-bond donors (Lipinski definition) is 3. The van der Waals surface area contributed by atoms with Crippen LogP contribution in [0.5, 0.6) is 0 Å². The molecule has 0 aromatic rings. The summed E-state index contributed by atoms with van der Waals surface area (Å²) in [4.78, 5) is 25.0. The first kappa shape index (κ1) is 16.8. The molecule has 1 fully saturated rings. The Morgan fingerprint density at radius 3 is 2.45 bits per heavy atom. The highest BCUT2D eigenvalue weighted by atomic mass is 16.4. The molecule has 0 bridgehead atoms. The monoisotopic (exact) mass is 285 g/mol. The van der Waals surface area contributed by atoms with Crippen LogP contribution in [0, 0.1) is 5.41 Å². The van der Waals surface area contributed by atoms with Crippen molar-refractivity contribution in [1.29, 1.82) is 0 Å². The van der Waals surface area contributed by atoms with Gasteiger partial charge in [0.15, 0.2) is 0 Å². The van der Waals surface area contributed by atoms with Crippen molar-refractivity contribution < 1.29 is 14.7 Å². The van der Waals surface area contributed by atoms with Gasteiger partial charge >= 0.3 is 12.0 Å². The molecule has 0 aromatic heterocycles. The van der Waals surface area contributed by atoms with Crippen LogP contribution in [0.4, 0.5) is 4.79 Å². The van der Waals surface area contributed by atoms with Gasteiger partial charge in [0.25, 0.3) is 0 Å². The lowest BCUT2D eigenvalue weighted by Gasteiger charge is -2.37. The van der Waals surface area contributed by atoms with Gasteiger partial charge in [-0.3, -0.25) is 4.79 Å². The van der Waals surface area contributed by atoms with E-state index < -0.39 is 11.4 Å². The van der Waals surface area contributed by atoms with E-state index in [1.807, 2.05) is 7.05 Å². The number of nitrogens with zero attached hydrogens (tertiary/aromatic N) is 1. The molecule has 1 aliphatic carbocycles. The molecule has 0 radical (unpaired) electrons. The van der Waals surface area contributed by atoms with Crippen LogP contribution in [0.1, 0.15) is 39.5 Å². The van der Waals surface area contributed by atoms with Crippen molar-refractivity contribution in [2.45, 2.75) is 45.6 Å². The summed E-state index contributed by atoms with van der Waals surface area (Å²) in [6.07, 6.45) is 3.30. The molecule has 3 N–H and O–H groups in total. The Labute approximate surface area is 120 Å². The van der Waals surface area contributed by atoms with Crippen molar-refractivity contribution in [3.63, 3.8) is 0 Å². The second kappa shape index (κ2) is 7.47. The summed E-state index contributed by atoms with van der Waals surface area (Å²) in [5, 5.41) is 14.6. The van der Waals surface area contributed by atoms with E-state index in [4.69, 9.17) is 5.11 Å². The van der Waals surface area contributed by atoms with E-state index in [1.165, 1.54) is 0 Å². The smallest absolute Gasteiger partial charge is 0.314 e. The van der Waals surface area contributed by atoms with Gasteiger partial charge in [0.2, 0.25) is 0 Å². The van der Waals surface area contributed by atoms with Gasteiger partial charge in [0.1, 0.15) is 0 Å². The molecule has 20 heavy (non-hydrogen) atoms. The van der Waals surface area contributed by atoms with Crippen molar-refractivity contribution in [2.75, 3.05) is 26.7 Å². The molecule has 0 aliphatic heterocycles. The zero-order valence-electron chi connectivity index (χ0n) is 12.7. The van der Waals surface area contributed by atoms with Crippen LogP contribution in [-0.2, 0) is 4.79 Å². The van der Waals surface area contributed by atoms with Gasteiger partial charge in [-0.25, -0.2) is 4.79 Å². The minimum atomic E-state index is -0.805. The lowest BCUT2D eigenvalue weighted by molar-refractivity contribution is -0.153. The molecule has 6 nitrogen and oxygen atoms in total. The number of carbonyl (C=O) groups is 2. The standard InChI is InChI=1S/C14H27N3O3/c1-4-11(2)17(3)9-8-15-13(20)16-10-14(12(18)19)6-5-7-14/h11H,4-10H2,1-3H3,(H,18,19)(H2,15,16,20). The summed E-state index contributed by atoms with van der Waals surface area (Å²) in [5.74, 6) is -0.805. The summed E-state index contributed by atoms with van der Waals surface area (Å²) < 4.78 is 0. The zero-order chi connectivity index (χ0) is 15.2. The predicted molar refractivity (Wildman–Crippen MR) is 77.7 cm³/mol. The molecule has 2 amide bonds. The molecule has 0 aromatic carbocycles. The third-order valence-corrected chi connectivity index (χ3v) is 4.45. The van der Waals surface area contributed by atoms with E-state index in [1.54, 1.807) is 0 Å². The molecule has 0 heterocycles. The number of carbonyl (C=O) groups excluding carboxylic acids is 1. The maximum Gasteiger partial charge on any atom is 0.314 e. The molecular weight excluding hydrogens is 258 g/mol. The summed E-state index contributed by atoms with van der Waals surface area (Å²) in [6.45, 7) is 5.84. The minimum Gasteiger partial charge on any atom is -0.481 e. The van der Waals surface area contributed by atoms with Crippen LogP contribution in [-0.4, -0.2) is 54.7 Å². The van der Waals surface area contributed by atoms with E-state index in [0.29, 0.717) is 25.4 Å². The average molecular weight is 285 g/mol. The SMILES string of the molecule is CCC(C)N(C)CCNC(=O)NCC1(C(=O)O)CCC1. The van der Waals surface area contributed by atoms with Gasteiger partial charge in [-0.15, -0.1) is 0 Å². The van der Waals surface area contributed by atoms with Crippen LogP contribution < -0.4 is 10.6 Å². The van der Waals surface area contributed by atoms with Crippen LogP contribution in [0.15, 0.2) is 0 Å². The summed E-state index contributed by atoms with van der Waals surface area (Å²) >= 11 is 0. The fourth-order valence-electron chi connectivity index (χ4n) is 2.26. The summed E-state index contributed by atoms with van der Waals surface area (Å²) in [6, 6.07) is 0.209. The fourth-order valence-corrected chi connectivity index (χ4v) is 2.26. The predicted octanol–water partition coefficient (Wildman–Crippen LogP) is 1.27. The molecule has 0 spiro atoms. The highest BCUT2D eigenvalue weighted by molar-refractivity contribution is 5.78. The third kappa shape index (κ3) is 4.37. The van der Waals surface area contributed by atoms with Crippen molar-refractivity contribution in [3.05, 3.63) is 0 Å². The molecule has 1 unspecified atom stereocenters. The highest BCUT2D eigenvalue weighted by Gasteiger charge is 2.44. The normalized spacial score (nSPS) is 18.2. The molecule has 116 valence electrons. The minimum absolute atomic E-state index is 0.218. The molecular formula is C14H27N3O3. The number of amides is 2. The number of urea groups is 1. The first-order chi connectivity index (χ1) is 9.41. The van der Waals surface area contributed by atoms with Gasteiger partial charge in [0, 0.05) is 25.7 Å². The lowest BCUT2D eigenvalue weighted by Crippen LogP contribution is -2.50. The number of carboxylic acid groups (broad SMARTS) is 1. The van der Waals surface area contributed by atoms with Crippen LogP contribution in [0.25, 0.3) is 0 Å². The van der Waals surface area contributed by atoms with Gasteiger partial charge in [-0.05, 0) is 33.2 Å². The van der Waals surface area contributed by atoms with Crippen molar-refractivity contribution in [2.24, 2.45) is 5.41 Å². The number of likely N-dealkylation sites (N-methyl/N-ethyl adjacent to an activating group) is 1. The second-order valence-electron chi connectivity index (χ2n) is 5.79. The Bertz CT molecular complexity index is 343. The van der Waals surface area contributed by atoms with E-state index in [-0.39, 0.29) is 12.6 Å². The molecule has 1 aliphatic rings. The molecule has 1 saturated carbocycles. The topological polar surface area (TPSA) is 81.7 Å². The number of hydrogen-bond acceptors (Lipinski definition) is 3. The number of carboxylic acids is 1. The number of aliphatic carboxylic acids is 1. The molecule has 1 rings (SSSR count). The van der Waals surface area contributed by atoms with Gasteiger partial charge < -0.3 is 20.6 Å². The Morgan fingerprint density at radius 1 is 1.35 bits per heavy atom. The summed E-state index contributed by atoms with van der Waals surface area (Å²) in [5.41, 5.74) is -0.731. The second-order valence-corrected chi connectivity index (χ2v) is 5.79. The van der Waals surface area contributed by atoms with E-state index in [0.717, 1.165) is 19.4 Å². The molecule has 1 atom stereocenters. The van der Waals surface area contributed by atoms with Crippen LogP contribution in [0.2, 0.25) is 0 Å². The average Bonchev–Trinajstić information content (AvgIpc) is 2.35. The Kier molecular flexibility index (Phi) is 6.26. The Balaban J connectivity index is 2.19. The van der Waals surface area contributed by atoms with E-state index in [9.17, 15) is 9.59 Å². The van der Waals surface area contributed by atoms with Gasteiger partial charge in [-0.1, -0.05) is 13.3 Å². The first-order valence-corrected chi connectivity index (χ1v) is 7.36. The van der Waals surface area contributed by atoms with Crippen molar-refractivity contribution in [3.8, 4) is 0 Å². The number of rotatable bonds is 8. The maximum absolute atomic E-state index is 11.6. The molecule has 6 heteroatoms. The third-order valence-electron chi connectivity index (χ3n) is 4.45. The fraction of sp³-hybridized carbons (Fsp3) is 0.857.